The highest BCUT2D eigenvalue weighted by Crippen LogP contribution is 2.21. The van der Waals surface area contributed by atoms with Gasteiger partial charge in [0.25, 0.3) is 0 Å². The Balaban J connectivity index is 1.77. The number of unbranched alkanes of at least 4 members (excludes halogenated alkanes) is 3. The number of ether oxygens (including phenoxy) is 4. The Morgan fingerprint density at radius 1 is 0.853 bits per heavy atom. The first-order valence-corrected chi connectivity index (χ1v) is 10.9. The minimum atomic E-state index is -0.667. The van der Waals surface area contributed by atoms with Gasteiger partial charge in [0.15, 0.2) is 0 Å². The molecule has 0 aliphatic carbocycles. The van der Waals surface area contributed by atoms with Gasteiger partial charge in [-0.15, -0.1) is 0 Å². The highest BCUT2D eigenvalue weighted by molar-refractivity contribution is 5.96. The van der Waals surface area contributed by atoms with Crippen molar-refractivity contribution in [3.05, 3.63) is 72.3 Å². The Morgan fingerprint density at radius 2 is 1.56 bits per heavy atom. The van der Waals surface area contributed by atoms with E-state index in [1.54, 1.807) is 36.4 Å². The first-order valence-electron chi connectivity index (χ1n) is 10.9. The summed E-state index contributed by atoms with van der Waals surface area (Å²) in [5, 5.41) is 8.56. The van der Waals surface area contributed by atoms with Gasteiger partial charge in [-0.3, -0.25) is 0 Å². The standard InChI is InChI=1S/C26H27NO7/c1-2-24(28)32-18-8-4-3-7-17-31-21-14-12-20(13-15-21)25(29)34-23-11-6-5-10-22(23)26(30)33-19-9-16-27/h2,5-6,10-15H,1,3-4,7-9,17-19H2. The molecule has 0 aromatic heterocycles. The van der Waals surface area contributed by atoms with Gasteiger partial charge in [-0.25, -0.2) is 14.4 Å². The molecule has 0 fully saturated rings. The number of carbonyl (C=O) groups is 3. The average molecular weight is 466 g/mol. The Morgan fingerprint density at radius 3 is 2.26 bits per heavy atom. The molecule has 0 unspecified atom stereocenters. The van der Waals surface area contributed by atoms with Crippen molar-refractivity contribution < 1.29 is 33.3 Å². The van der Waals surface area contributed by atoms with Crippen LogP contribution in [0.25, 0.3) is 0 Å². The highest BCUT2D eigenvalue weighted by Gasteiger charge is 2.17. The maximum absolute atomic E-state index is 12.5. The number of carbonyl (C=O) groups excluding carboxylic acids is 3. The summed E-state index contributed by atoms with van der Waals surface area (Å²) in [5.41, 5.74) is 0.404. The molecule has 8 nitrogen and oxygen atoms in total. The van der Waals surface area contributed by atoms with Crippen molar-refractivity contribution in [3.63, 3.8) is 0 Å². The van der Waals surface area contributed by atoms with E-state index in [9.17, 15) is 14.4 Å². The largest absolute Gasteiger partial charge is 0.494 e. The topological polar surface area (TPSA) is 112 Å². The molecule has 178 valence electrons. The molecular weight excluding hydrogens is 438 g/mol. The molecule has 0 radical (unpaired) electrons. The van der Waals surface area contributed by atoms with Crippen LogP contribution in [0.1, 0.15) is 52.8 Å². The van der Waals surface area contributed by atoms with Crippen LogP contribution in [-0.2, 0) is 14.3 Å². The monoisotopic (exact) mass is 465 g/mol. The van der Waals surface area contributed by atoms with Crippen LogP contribution in [0.2, 0.25) is 0 Å². The van der Waals surface area contributed by atoms with Crippen molar-refractivity contribution in [2.45, 2.75) is 32.1 Å². The summed E-state index contributed by atoms with van der Waals surface area (Å²) in [5.74, 6) is -0.998. The molecule has 2 rings (SSSR count). The number of rotatable bonds is 14. The molecule has 0 spiro atoms. The summed E-state index contributed by atoms with van der Waals surface area (Å²) in [4.78, 5) is 35.6. The molecule has 0 atom stereocenters. The number of hydrogen-bond donors (Lipinski definition) is 0. The number of benzene rings is 2. The van der Waals surface area contributed by atoms with Crippen molar-refractivity contribution in [1.82, 2.24) is 0 Å². The Hall–Kier alpha value is -4.12. The molecule has 0 saturated carbocycles. The summed E-state index contributed by atoms with van der Waals surface area (Å²) < 4.78 is 21.0. The molecule has 34 heavy (non-hydrogen) atoms. The van der Waals surface area contributed by atoms with Crippen LogP contribution in [0.15, 0.2) is 61.2 Å². The van der Waals surface area contributed by atoms with Gasteiger partial charge in [0, 0.05) is 6.08 Å². The van der Waals surface area contributed by atoms with Crippen molar-refractivity contribution >= 4 is 17.9 Å². The van der Waals surface area contributed by atoms with Crippen LogP contribution in [-0.4, -0.2) is 37.7 Å². The quantitative estimate of drug-likeness (QED) is 0.172. The van der Waals surface area contributed by atoms with Gasteiger partial charge < -0.3 is 18.9 Å². The van der Waals surface area contributed by atoms with E-state index in [0.717, 1.165) is 31.8 Å². The number of para-hydroxylation sites is 1. The second kappa shape index (κ2) is 14.9. The lowest BCUT2D eigenvalue weighted by Crippen LogP contribution is -2.13. The van der Waals surface area contributed by atoms with Gasteiger partial charge >= 0.3 is 17.9 Å². The van der Waals surface area contributed by atoms with E-state index in [1.165, 1.54) is 12.1 Å². The first-order chi connectivity index (χ1) is 16.5. The summed E-state index contributed by atoms with van der Waals surface area (Å²) >= 11 is 0. The second-order valence-electron chi connectivity index (χ2n) is 7.09. The van der Waals surface area contributed by atoms with E-state index < -0.39 is 17.9 Å². The van der Waals surface area contributed by atoms with Gasteiger partial charge in [-0.1, -0.05) is 18.7 Å². The molecule has 0 aliphatic rings. The van der Waals surface area contributed by atoms with E-state index >= 15 is 0 Å². The number of nitrogens with zero attached hydrogens (tertiary/aromatic N) is 1. The molecule has 0 amide bonds. The minimum Gasteiger partial charge on any atom is -0.494 e. The summed E-state index contributed by atoms with van der Waals surface area (Å²) in [6, 6.07) is 14.7. The molecular formula is C26H27NO7. The van der Waals surface area contributed by atoms with E-state index in [1.807, 2.05) is 6.07 Å². The Labute approximate surface area is 198 Å². The number of hydrogen-bond acceptors (Lipinski definition) is 8. The summed E-state index contributed by atoms with van der Waals surface area (Å²) in [6.07, 6.45) is 4.72. The smallest absolute Gasteiger partial charge is 0.343 e. The highest BCUT2D eigenvalue weighted by atomic mass is 16.5. The fourth-order valence-corrected chi connectivity index (χ4v) is 2.82. The fraction of sp³-hybridized carbons (Fsp3) is 0.308. The predicted octanol–water partition coefficient (Wildman–Crippen LogP) is 4.64. The molecule has 2 aromatic rings. The zero-order chi connectivity index (χ0) is 24.6. The third-order valence-corrected chi connectivity index (χ3v) is 4.57. The summed E-state index contributed by atoms with van der Waals surface area (Å²) in [7, 11) is 0. The first kappa shape index (κ1) is 26.1. The lowest BCUT2D eigenvalue weighted by Gasteiger charge is -2.10. The van der Waals surface area contributed by atoms with E-state index in [2.05, 4.69) is 6.58 Å². The molecule has 0 saturated heterocycles. The number of esters is 3. The van der Waals surface area contributed by atoms with Crippen LogP contribution in [0.3, 0.4) is 0 Å². The van der Waals surface area contributed by atoms with Crippen molar-refractivity contribution in [3.8, 4) is 17.6 Å². The van der Waals surface area contributed by atoms with Gasteiger partial charge in [0.05, 0.1) is 31.3 Å². The van der Waals surface area contributed by atoms with Gasteiger partial charge in [0.2, 0.25) is 0 Å². The maximum atomic E-state index is 12.5. The van der Waals surface area contributed by atoms with Crippen molar-refractivity contribution in [2.75, 3.05) is 19.8 Å². The fourth-order valence-electron chi connectivity index (χ4n) is 2.82. The molecule has 0 bridgehead atoms. The van der Waals surface area contributed by atoms with Gasteiger partial charge in [-0.05, 0) is 62.1 Å². The zero-order valence-corrected chi connectivity index (χ0v) is 18.9. The third kappa shape index (κ3) is 9.17. The van der Waals surface area contributed by atoms with Crippen molar-refractivity contribution in [1.29, 1.82) is 5.26 Å². The van der Waals surface area contributed by atoms with Crippen LogP contribution >= 0.6 is 0 Å². The van der Waals surface area contributed by atoms with Crippen LogP contribution in [0.5, 0.6) is 11.5 Å². The van der Waals surface area contributed by atoms with Gasteiger partial charge in [-0.2, -0.15) is 5.26 Å². The zero-order valence-electron chi connectivity index (χ0n) is 18.9. The lowest BCUT2D eigenvalue weighted by atomic mass is 10.2. The van der Waals surface area contributed by atoms with Crippen LogP contribution < -0.4 is 9.47 Å². The van der Waals surface area contributed by atoms with Crippen LogP contribution in [0.4, 0.5) is 0 Å². The third-order valence-electron chi connectivity index (χ3n) is 4.57. The van der Waals surface area contributed by atoms with Crippen LogP contribution in [0, 0.1) is 11.3 Å². The molecule has 0 aliphatic heterocycles. The molecule has 0 N–H and O–H groups in total. The van der Waals surface area contributed by atoms with E-state index in [4.69, 9.17) is 24.2 Å². The maximum Gasteiger partial charge on any atom is 0.343 e. The summed E-state index contributed by atoms with van der Waals surface area (Å²) in [6.45, 7) is 4.21. The lowest BCUT2D eigenvalue weighted by molar-refractivity contribution is -0.137. The molecule has 8 heteroatoms. The SMILES string of the molecule is C=CC(=O)OCCCCCCOc1ccc(C(=O)Oc2ccccc2C(=O)OCCC#N)cc1. The minimum absolute atomic E-state index is 0.0375. The number of nitriles is 1. The van der Waals surface area contributed by atoms with Crippen molar-refractivity contribution in [2.24, 2.45) is 0 Å². The average Bonchev–Trinajstić information content (AvgIpc) is 2.86. The van der Waals surface area contributed by atoms with E-state index in [-0.39, 0.29) is 24.3 Å². The van der Waals surface area contributed by atoms with Gasteiger partial charge in [0.1, 0.15) is 23.7 Å². The Bertz CT molecular complexity index is 1010. The predicted molar refractivity (Wildman–Crippen MR) is 123 cm³/mol. The van der Waals surface area contributed by atoms with E-state index in [0.29, 0.717) is 24.5 Å². The Kier molecular flexibility index (Phi) is 11.4. The molecule has 0 heterocycles. The normalized spacial score (nSPS) is 9.97. The molecule has 2 aromatic carbocycles. The second-order valence-corrected chi connectivity index (χ2v) is 7.09.